The van der Waals surface area contributed by atoms with Crippen LogP contribution in [0.5, 0.6) is 0 Å². The zero-order chi connectivity index (χ0) is 19.5. The lowest BCUT2D eigenvalue weighted by Gasteiger charge is -2.31. The maximum Gasteiger partial charge on any atom is 0.159 e. The first-order valence-electron chi connectivity index (χ1n) is 9.39. The lowest BCUT2D eigenvalue weighted by atomic mass is 9.92. The van der Waals surface area contributed by atoms with E-state index >= 15 is 0 Å². The fraction of sp³-hybridized carbons (Fsp3) is 0.250. The standard InChI is InChI=1S/C24H21F2NS/c1-27-16-19(12-18-10-11-21(25)22(26)13-18)14-24-23(27)15-20(28-24)9-5-8-17-6-3-2-4-7-17/h2-4,6-7,10-11,13,15,19H,8,12,14,16H2,1H3. The van der Waals surface area contributed by atoms with Gasteiger partial charge in [-0.1, -0.05) is 48.2 Å². The summed E-state index contributed by atoms with van der Waals surface area (Å²) in [6, 6.07) is 16.6. The Morgan fingerprint density at radius 3 is 2.64 bits per heavy atom. The number of nitrogens with zero attached hydrogens (tertiary/aromatic N) is 1. The summed E-state index contributed by atoms with van der Waals surface area (Å²) in [7, 11) is 2.09. The predicted octanol–water partition coefficient (Wildman–Crippen LogP) is 5.47. The van der Waals surface area contributed by atoms with Gasteiger partial charge in [0.2, 0.25) is 0 Å². The summed E-state index contributed by atoms with van der Waals surface area (Å²) in [5, 5.41) is 0. The van der Waals surface area contributed by atoms with Crippen molar-refractivity contribution < 1.29 is 8.78 Å². The van der Waals surface area contributed by atoms with E-state index in [2.05, 4.69) is 42.0 Å². The van der Waals surface area contributed by atoms with Gasteiger partial charge in [0.1, 0.15) is 0 Å². The highest BCUT2D eigenvalue weighted by molar-refractivity contribution is 7.13. The monoisotopic (exact) mass is 393 g/mol. The van der Waals surface area contributed by atoms with Crippen molar-refractivity contribution in [1.82, 2.24) is 0 Å². The van der Waals surface area contributed by atoms with Crippen molar-refractivity contribution in [3.8, 4) is 11.8 Å². The predicted molar refractivity (Wildman–Crippen MR) is 112 cm³/mol. The van der Waals surface area contributed by atoms with Gasteiger partial charge in [0.15, 0.2) is 11.6 Å². The number of hydrogen-bond acceptors (Lipinski definition) is 2. The summed E-state index contributed by atoms with van der Waals surface area (Å²) >= 11 is 1.74. The largest absolute Gasteiger partial charge is 0.373 e. The maximum absolute atomic E-state index is 13.5. The van der Waals surface area contributed by atoms with Crippen LogP contribution in [0.25, 0.3) is 0 Å². The smallest absolute Gasteiger partial charge is 0.159 e. The number of halogens is 2. The van der Waals surface area contributed by atoms with Crippen molar-refractivity contribution >= 4 is 17.0 Å². The van der Waals surface area contributed by atoms with Gasteiger partial charge < -0.3 is 4.90 Å². The molecule has 2 heterocycles. The first kappa shape index (κ1) is 18.7. The zero-order valence-electron chi connectivity index (χ0n) is 15.7. The molecule has 0 N–H and O–H groups in total. The highest BCUT2D eigenvalue weighted by atomic mass is 32.1. The Balaban J connectivity index is 1.45. The van der Waals surface area contributed by atoms with Gasteiger partial charge in [0, 0.05) is 24.9 Å². The molecule has 0 fully saturated rings. The van der Waals surface area contributed by atoms with Crippen LogP contribution in [-0.4, -0.2) is 13.6 Å². The molecule has 28 heavy (non-hydrogen) atoms. The first-order valence-corrected chi connectivity index (χ1v) is 10.2. The highest BCUT2D eigenvalue weighted by Gasteiger charge is 2.25. The van der Waals surface area contributed by atoms with Crippen molar-refractivity contribution in [2.45, 2.75) is 19.3 Å². The Hall–Kier alpha value is -2.64. The third kappa shape index (κ3) is 4.26. The Bertz CT molecular complexity index is 1030. The van der Waals surface area contributed by atoms with E-state index in [0.717, 1.165) is 36.2 Å². The second-order valence-electron chi connectivity index (χ2n) is 7.29. The molecule has 1 aromatic heterocycles. The van der Waals surface area contributed by atoms with E-state index in [-0.39, 0.29) is 0 Å². The molecule has 0 saturated carbocycles. The number of rotatable bonds is 3. The molecule has 0 saturated heterocycles. The van der Waals surface area contributed by atoms with E-state index in [0.29, 0.717) is 5.92 Å². The number of hydrogen-bond donors (Lipinski definition) is 0. The SMILES string of the molecule is CN1CC(Cc2ccc(F)c(F)c2)Cc2sc(C#CCc3ccccc3)cc21. The van der Waals surface area contributed by atoms with E-state index in [1.54, 1.807) is 17.4 Å². The number of fused-ring (bicyclic) bond motifs is 1. The van der Waals surface area contributed by atoms with Crippen LogP contribution in [0.2, 0.25) is 0 Å². The number of benzene rings is 2. The van der Waals surface area contributed by atoms with E-state index < -0.39 is 11.6 Å². The summed E-state index contributed by atoms with van der Waals surface area (Å²) in [4.78, 5) is 4.66. The molecule has 142 valence electrons. The van der Waals surface area contributed by atoms with Crippen LogP contribution in [0.3, 0.4) is 0 Å². The molecule has 0 bridgehead atoms. The lowest BCUT2D eigenvalue weighted by Crippen LogP contribution is -2.32. The lowest BCUT2D eigenvalue weighted by molar-refractivity contribution is 0.491. The summed E-state index contributed by atoms with van der Waals surface area (Å²) < 4.78 is 26.6. The topological polar surface area (TPSA) is 3.24 Å². The molecule has 1 nitrogen and oxygen atoms in total. The average molecular weight is 394 g/mol. The zero-order valence-corrected chi connectivity index (χ0v) is 16.5. The van der Waals surface area contributed by atoms with Gasteiger partial charge in [-0.3, -0.25) is 0 Å². The summed E-state index contributed by atoms with van der Waals surface area (Å²) in [5.74, 6) is 5.39. The Kier molecular flexibility index (Phi) is 5.45. The van der Waals surface area contributed by atoms with Crippen LogP contribution in [0.15, 0.2) is 54.6 Å². The van der Waals surface area contributed by atoms with Crippen LogP contribution in [-0.2, 0) is 19.3 Å². The van der Waals surface area contributed by atoms with Crippen LogP contribution < -0.4 is 4.90 Å². The minimum Gasteiger partial charge on any atom is -0.373 e. The van der Waals surface area contributed by atoms with Crippen LogP contribution in [0.4, 0.5) is 14.5 Å². The van der Waals surface area contributed by atoms with Gasteiger partial charge in [-0.25, -0.2) is 8.78 Å². The fourth-order valence-corrected chi connectivity index (χ4v) is 4.93. The van der Waals surface area contributed by atoms with E-state index in [1.165, 1.54) is 28.3 Å². The normalized spacial score (nSPS) is 15.7. The van der Waals surface area contributed by atoms with Crippen molar-refractivity contribution in [1.29, 1.82) is 0 Å². The number of thiophene rings is 1. The quantitative estimate of drug-likeness (QED) is 0.533. The van der Waals surface area contributed by atoms with Gasteiger partial charge in [0.05, 0.1) is 10.6 Å². The van der Waals surface area contributed by atoms with E-state index in [1.807, 2.05) is 18.2 Å². The molecule has 1 aliphatic heterocycles. The van der Waals surface area contributed by atoms with Crippen molar-refractivity contribution in [2.75, 3.05) is 18.5 Å². The molecule has 1 atom stereocenters. The van der Waals surface area contributed by atoms with Gasteiger partial charge in [-0.15, -0.1) is 11.3 Å². The average Bonchev–Trinajstić information content (AvgIpc) is 3.09. The molecule has 0 aliphatic carbocycles. The van der Waals surface area contributed by atoms with Crippen LogP contribution in [0, 0.1) is 29.4 Å². The second kappa shape index (κ2) is 8.16. The molecule has 0 radical (unpaired) electrons. The van der Waals surface area contributed by atoms with Gasteiger partial charge in [-0.2, -0.15) is 0 Å². The molecule has 4 heteroatoms. The Labute approximate surface area is 168 Å². The molecular weight excluding hydrogens is 372 g/mol. The minimum atomic E-state index is -0.788. The third-order valence-corrected chi connectivity index (χ3v) is 6.12. The molecule has 1 aliphatic rings. The summed E-state index contributed by atoms with van der Waals surface area (Å²) in [6.07, 6.45) is 2.44. The Morgan fingerprint density at radius 1 is 1.04 bits per heavy atom. The summed E-state index contributed by atoms with van der Waals surface area (Å²) in [5.41, 5.74) is 3.32. The van der Waals surface area contributed by atoms with Gasteiger partial charge in [-0.05, 0) is 48.1 Å². The maximum atomic E-state index is 13.5. The highest BCUT2D eigenvalue weighted by Crippen LogP contribution is 2.36. The van der Waals surface area contributed by atoms with E-state index in [9.17, 15) is 8.78 Å². The van der Waals surface area contributed by atoms with Crippen molar-refractivity contribution in [3.05, 3.63) is 87.1 Å². The second-order valence-corrected chi connectivity index (χ2v) is 8.42. The molecule has 2 aromatic carbocycles. The first-order chi connectivity index (χ1) is 13.6. The van der Waals surface area contributed by atoms with Crippen LogP contribution in [0.1, 0.15) is 20.9 Å². The molecular formula is C24H21F2NS. The van der Waals surface area contributed by atoms with Crippen molar-refractivity contribution in [2.24, 2.45) is 5.92 Å². The molecule has 0 amide bonds. The van der Waals surface area contributed by atoms with Gasteiger partial charge in [0.25, 0.3) is 0 Å². The third-order valence-electron chi connectivity index (χ3n) is 5.06. The summed E-state index contributed by atoms with van der Waals surface area (Å²) in [6.45, 7) is 0.902. The van der Waals surface area contributed by atoms with Crippen molar-refractivity contribution in [3.63, 3.8) is 0 Å². The molecule has 3 aromatic rings. The molecule has 1 unspecified atom stereocenters. The molecule has 4 rings (SSSR count). The van der Waals surface area contributed by atoms with Crippen LogP contribution >= 0.6 is 11.3 Å². The Morgan fingerprint density at radius 2 is 1.86 bits per heavy atom. The van der Waals surface area contributed by atoms with Gasteiger partial charge >= 0.3 is 0 Å². The minimum absolute atomic E-state index is 0.381. The molecule has 0 spiro atoms. The fourth-order valence-electron chi connectivity index (χ4n) is 3.73. The van der Waals surface area contributed by atoms with E-state index in [4.69, 9.17) is 0 Å². The number of anilines is 1.